The van der Waals surface area contributed by atoms with E-state index in [0.29, 0.717) is 12.1 Å². The van der Waals surface area contributed by atoms with E-state index in [1.165, 1.54) is 5.32 Å². The van der Waals surface area contributed by atoms with E-state index in [1.807, 2.05) is 0 Å². The van der Waals surface area contributed by atoms with Crippen molar-refractivity contribution in [2.24, 2.45) is 0 Å². The summed E-state index contributed by atoms with van der Waals surface area (Å²) in [5.41, 5.74) is 2.82. The Morgan fingerprint density at radius 3 is 2.11 bits per heavy atom. The van der Waals surface area contributed by atoms with Crippen molar-refractivity contribution >= 4 is 17.3 Å². The fourth-order valence-corrected chi connectivity index (χ4v) is 1.03. The molecule has 0 aromatic heterocycles. The lowest BCUT2D eigenvalue weighted by molar-refractivity contribution is -0.167. The van der Waals surface area contributed by atoms with Crippen molar-refractivity contribution in [2.45, 2.75) is 12.4 Å². The average Bonchev–Trinajstić information content (AvgIpc) is 2.18. The molecule has 0 radical (unpaired) electrons. The van der Waals surface area contributed by atoms with Crippen LogP contribution < -0.4 is 11.1 Å². The van der Waals surface area contributed by atoms with Gasteiger partial charge < -0.3 is 11.1 Å². The first-order valence-corrected chi connectivity index (χ1v) is 4.36. The van der Waals surface area contributed by atoms with E-state index >= 15 is 0 Å². The summed E-state index contributed by atoms with van der Waals surface area (Å²) in [5, 5.41) is 1.27. The Hall–Kier alpha value is -1.93. The Labute approximate surface area is 96.6 Å². The Morgan fingerprint density at radius 2 is 1.67 bits per heavy atom. The second kappa shape index (κ2) is 4.39. The molecule has 1 amide bonds. The van der Waals surface area contributed by atoms with Gasteiger partial charge in [0.25, 0.3) is 0 Å². The van der Waals surface area contributed by atoms with Gasteiger partial charge in [0.2, 0.25) is 0 Å². The molecule has 0 saturated carbocycles. The lowest BCUT2D eigenvalue weighted by atomic mass is 10.1. The number of benzene rings is 1. The predicted octanol–water partition coefficient (Wildman–Crippen LogP) is 2.79. The van der Waals surface area contributed by atoms with Crippen molar-refractivity contribution in [2.75, 3.05) is 11.1 Å². The van der Waals surface area contributed by atoms with Gasteiger partial charge in [-0.1, -0.05) is 0 Å². The summed E-state index contributed by atoms with van der Waals surface area (Å²) in [6, 6.07) is 1.69. The molecule has 100 valence electrons. The summed E-state index contributed by atoms with van der Waals surface area (Å²) in [7, 11) is 0. The van der Waals surface area contributed by atoms with Crippen LogP contribution in [0.1, 0.15) is 5.56 Å². The molecule has 3 N–H and O–H groups in total. The molecule has 9 heteroatoms. The number of anilines is 2. The molecule has 18 heavy (non-hydrogen) atoms. The zero-order valence-corrected chi connectivity index (χ0v) is 8.49. The van der Waals surface area contributed by atoms with Gasteiger partial charge in [0, 0.05) is 0 Å². The van der Waals surface area contributed by atoms with Crippen molar-refractivity contribution in [1.29, 1.82) is 0 Å². The molecule has 0 heterocycles. The van der Waals surface area contributed by atoms with Gasteiger partial charge in [-0.2, -0.15) is 26.3 Å². The summed E-state index contributed by atoms with van der Waals surface area (Å²) in [4.78, 5) is 10.6. The lowest BCUT2D eigenvalue weighted by Crippen LogP contribution is -2.30. The largest absolute Gasteiger partial charge is 0.471 e. The fraction of sp³-hybridized carbons (Fsp3) is 0.222. The van der Waals surface area contributed by atoms with Crippen LogP contribution in [0.15, 0.2) is 18.2 Å². The van der Waals surface area contributed by atoms with Crippen LogP contribution in [0.3, 0.4) is 0 Å². The van der Waals surface area contributed by atoms with Crippen LogP contribution >= 0.6 is 0 Å². The van der Waals surface area contributed by atoms with Gasteiger partial charge in [-0.15, -0.1) is 0 Å². The summed E-state index contributed by atoms with van der Waals surface area (Å²) in [6.07, 6.45) is -9.95. The van der Waals surface area contributed by atoms with Gasteiger partial charge in [0.15, 0.2) is 0 Å². The zero-order chi connectivity index (χ0) is 14.1. The van der Waals surface area contributed by atoms with E-state index in [4.69, 9.17) is 5.73 Å². The number of rotatable bonds is 1. The van der Waals surface area contributed by atoms with Gasteiger partial charge >= 0.3 is 18.3 Å². The second-order valence-electron chi connectivity index (χ2n) is 3.25. The molecule has 1 aromatic rings. The molecule has 0 aliphatic rings. The van der Waals surface area contributed by atoms with Crippen LogP contribution in [0.5, 0.6) is 0 Å². The molecule has 3 nitrogen and oxygen atoms in total. The van der Waals surface area contributed by atoms with Crippen LogP contribution in [0.4, 0.5) is 37.7 Å². The lowest BCUT2D eigenvalue weighted by Gasteiger charge is -2.13. The maximum atomic E-state index is 12.3. The summed E-state index contributed by atoms with van der Waals surface area (Å²) in [5.74, 6) is -2.39. The Bertz CT molecular complexity index is 465. The van der Waals surface area contributed by atoms with E-state index in [2.05, 4.69) is 0 Å². The standard InChI is InChI=1S/C9H6F6N2O/c10-8(11,12)4-1-2-5(16)6(3-4)17-7(18)9(13,14)15/h1-3H,16H2,(H,17,18). The van der Waals surface area contributed by atoms with E-state index in [9.17, 15) is 31.1 Å². The Morgan fingerprint density at radius 1 is 1.11 bits per heavy atom. The van der Waals surface area contributed by atoms with Gasteiger partial charge in [-0.05, 0) is 18.2 Å². The van der Waals surface area contributed by atoms with Crippen LogP contribution in [-0.4, -0.2) is 12.1 Å². The second-order valence-corrected chi connectivity index (χ2v) is 3.25. The van der Waals surface area contributed by atoms with Gasteiger partial charge in [-0.25, -0.2) is 0 Å². The van der Waals surface area contributed by atoms with Crippen molar-refractivity contribution < 1.29 is 31.1 Å². The van der Waals surface area contributed by atoms with E-state index in [1.54, 1.807) is 0 Å². The van der Waals surface area contributed by atoms with E-state index < -0.39 is 35.2 Å². The quantitative estimate of drug-likeness (QED) is 0.610. The first-order valence-electron chi connectivity index (χ1n) is 4.36. The van der Waals surface area contributed by atoms with E-state index in [0.717, 1.165) is 6.07 Å². The van der Waals surface area contributed by atoms with Gasteiger partial charge in [0.1, 0.15) is 0 Å². The number of alkyl halides is 6. The highest BCUT2D eigenvalue weighted by Gasteiger charge is 2.39. The minimum Gasteiger partial charge on any atom is -0.397 e. The molecule has 0 aliphatic carbocycles. The number of hydrogen-bond donors (Lipinski definition) is 2. The summed E-state index contributed by atoms with van der Waals surface area (Å²) < 4.78 is 72.7. The van der Waals surface area contributed by atoms with Crippen LogP contribution in [0.25, 0.3) is 0 Å². The fourth-order valence-electron chi connectivity index (χ4n) is 1.03. The van der Waals surface area contributed by atoms with Crippen molar-refractivity contribution in [1.82, 2.24) is 0 Å². The monoisotopic (exact) mass is 272 g/mol. The molecule has 0 atom stereocenters. The predicted molar refractivity (Wildman–Crippen MR) is 50.5 cm³/mol. The first-order chi connectivity index (χ1) is 8.01. The smallest absolute Gasteiger partial charge is 0.397 e. The number of nitrogens with two attached hydrogens (primary N) is 1. The number of nitrogen functional groups attached to an aromatic ring is 1. The topological polar surface area (TPSA) is 55.1 Å². The molecule has 0 unspecified atom stereocenters. The van der Waals surface area contributed by atoms with Crippen molar-refractivity contribution in [3.8, 4) is 0 Å². The highest BCUT2D eigenvalue weighted by Crippen LogP contribution is 2.33. The number of carbonyl (C=O) groups excluding carboxylic acids is 1. The summed E-state index contributed by atoms with van der Waals surface area (Å²) in [6.45, 7) is 0. The molecular weight excluding hydrogens is 266 g/mol. The average molecular weight is 272 g/mol. The minimum absolute atomic E-state index is 0.332. The highest BCUT2D eigenvalue weighted by atomic mass is 19.4. The highest BCUT2D eigenvalue weighted by molar-refractivity contribution is 5.97. The molecule has 0 aliphatic heterocycles. The van der Waals surface area contributed by atoms with Crippen LogP contribution in [-0.2, 0) is 11.0 Å². The first kappa shape index (κ1) is 14.1. The molecule has 0 bridgehead atoms. The molecular formula is C9H6F6N2O. The number of hydrogen-bond acceptors (Lipinski definition) is 2. The molecule has 1 aromatic carbocycles. The van der Waals surface area contributed by atoms with Gasteiger partial charge in [-0.3, -0.25) is 4.79 Å². The van der Waals surface area contributed by atoms with Crippen LogP contribution in [0.2, 0.25) is 0 Å². The zero-order valence-electron chi connectivity index (χ0n) is 8.49. The minimum atomic E-state index is -5.21. The number of amides is 1. The third kappa shape index (κ3) is 3.28. The third-order valence-electron chi connectivity index (χ3n) is 1.89. The number of halogens is 6. The van der Waals surface area contributed by atoms with E-state index in [-0.39, 0.29) is 0 Å². The Kier molecular flexibility index (Phi) is 3.45. The Balaban J connectivity index is 3.06. The summed E-state index contributed by atoms with van der Waals surface area (Å²) >= 11 is 0. The molecule has 0 saturated heterocycles. The van der Waals surface area contributed by atoms with Crippen LogP contribution in [0, 0.1) is 0 Å². The van der Waals surface area contributed by atoms with Crippen molar-refractivity contribution in [3.05, 3.63) is 23.8 Å². The SMILES string of the molecule is Nc1ccc(C(F)(F)F)cc1NC(=O)C(F)(F)F. The maximum absolute atomic E-state index is 12.3. The maximum Gasteiger partial charge on any atom is 0.471 e. The third-order valence-corrected chi connectivity index (χ3v) is 1.89. The molecule has 0 spiro atoms. The number of nitrogens with one attached hydrogen (secondary N) is 1. The molecule has 0 fully saturated rings. The van der Waals surface area contributed by atoms with Gasteiger partial charge in [0.05, 0.1) is 16.9 Å². The molecule has 1 rings (SSSR count). The van der Waals surface area contributed by atoms with Crippen molar-refractivity contribution in [3.63, 3.8) is 0 Å². The normalized spacial score (nSPS) is 12.3. The number of carbonyl (C=O) groups is 1.